The third-order valence-corrected chi connectivity index (χ3v) is 7.21. The Kier molecular flexibility index (Phi) is 5.75. The van der Waals surface area contributed by atoms with Crippen molar-refractivity contribution in [1.29, 1.82) is 0 Å². The number of fused-ring (bicyclic) bond motifs is 1. The maximum absolute atomic E-state index is 13.1. The first kappa shape index (κ1) is 20.8. The number of thiophene rings is 1. The SMILES string of the molecule is COc1ccc(C2(CNC(=O)c3sc4nc(C)nc(C)c4c3C)CCOCC2)cc1. The first-order chi connectivity index (χ1) is 14.4. The van der Waals surface area contributed by atoms with E-state index >= 15 is 0 Å². The predicted molar refractivity (Wildman–Crippen MR) is 119 cm³/mol. The molecule has 1 N–H and O–H groups in total. The highest BCUT2D eigenvalue weighted by Gasteiger charge is 2.35. The predicted octanol–water partition coefficient (Wildman–Crippen LogP) is 4.10. The van der Waals surface area contributed by atoms with Gasteiger partial charge in [-0.2, -0.15) is 0 Å². The van der Waals surface area contributed by atoms with Crippen LogP contribution in [0.25, 0.3) is 10.2 Å². The van der Waals surface area contributed by atoms with E-state index in [2.05, 4.69) is 27.4 Å². The van der Waals surface area contributed by atoms with Gasteiger partial charge in [0.2, 0.25) is 0 Å². The van der Waals surface area contributed by atoms with Crippen LogP contribution in [0.4, 0.5) is 0 Å². The van der Waals surface area contributed by atoms with Crippen molar-refractivity contribution < 1.29 is 14.3 Å². The third-order valence-electron chi connectivity index (χ3n) is 6.03. The van der Waals surface area contributed by atoms with E-state index < -0.39 is 0 Å². The van der Waals surface area contributed by atoms with E-state index in [1.165, 1.54) is 16.9 Å². The number of rotatable bonds is 5. The maximum Gasteiger partial charge on any atom is 0.261 e. The number of carbonyl (C=O) groups excluding carboxylic acids is 1. The molecule has 1 aromatic carbocycles. The lowest BCUT2D eigenvalue weighted by Crippen LogP contribution is -2.44. The number of nitrogens with one attached hydrogen (secondary N) is 1. The number of carbonyl (C=O) groups is 1. The fourth-order valence-corrected chi connectivity index (χ4v) is 5.49. The first-order valence-electron chi connectivity index (χ1n) is 10.2. The Morgan fingerprint density at radius 2 is 1.87 bits per heavy atom. The van der Waals surface area contributed by atoms with Gasteiger partial charge >= 0.3 is 0 Å². The van der Waals surface area contributed by atoms with Crippen molar-refractivity contribution in [2.24, 2.45) is 0 Å². The van der Waals surface area contributed by atoms with Gasteiger partial charge < -0.3 is 14.8 Å². The van der Waals surface area contributed by atoms with Crippen LogP contribution >= 0.6 is 11.3 Å². The number of hydrogen-bond donors (Lipinski definition) is 1. The number of aryl methyl sites for hydroxylation is 3. The lowest BCUT2D eigenvalue weighted by Gasteiger charge is -2.38. The van der Waals surface area contributed by atoms with Crippen molar-refractivity contribution in [3.05, 3.63) is 51.8 Å². The highest BCUT2D eigenvalue weighted by atomic mass is 32.1. The minimum absolute atomic E-state index is 0.0491. The molecule has 158 valence electrons. The molecule has 1 amide bonds. The Bertz CT molecular complexity index is 1070. The highest BCUT2D eigenvalue weighted by Crippen LogP contribution is 2.36. The fraction of sp³-hybridized carbons (Fsp3) is 0.435. The molecule has 7 heteroatoms. The largest absolute Gasteiger partial charge is 0.497 e. The quantitative estimate of drug-likeness (QED) is 0.666. The van der Waals surface area contributed by atoms with E-state index in [1.54, 1.807) is 7.11 Å². The van der Waals surface area contributed by atoms with E-state index in [-0.39, 0.29) is 11.3 Å². The van der Waals surface area contributed by atoms with Gasteiger partial charge in [-0.15, -0.1) is 11.3 Å². The lowest BCUT2D eigenvalue weighted by atomic mass is 9.74. The molecule has 0 radical (unpaired) electrons. The average molecular weight is 426 g/mol. The van der Waals surface area contributed by atoms with Gasteiger partial charge in [0, 0.05) is 36.3 Å². The summed E-state index contributed by atoms with van der Waals surface area (Å²) in [4.78, 5) is 23.7. The zero-order valence-electron chi connectivity index (χ0n) is 17.9. The minimum atomic E-state index is -0.142. The van der Waals surface area contributed by atoms with Gasteiger partial charge in [0.1, 0.15) is 16.4 Å². The average Bonchev–Trinajstić information content (AvgIpc) is 3.09. The van der Waals surface area contributed by atoms with E-state index in [1.807, 2.05) is 32.9 Å². The monoisotopic (exact) mass is 425 g/mol. The number of nitrogens with zero attached hydrogens (tertiary/aromatic N) is 2. The Morgan fingerprint density at radius 3 is 2.53 bits per heavy atom. The van der Waals surface area contributed by atoms with Crippen LogP contribution in [-0.4, -0.2) is 42.7 Å². The van der Waals surface area contributed by atoms with E-state index in [9.17, 15) is 4.79 Å². The molecular weight excluding hydrogens is 398 g/mol. The molecule has 4 rings (SSSR count). The van der Waals surface area contributed by atoms with Gasteiger partial charge in [-0.1, -0.05) is 12.1 Å². The van der Waals surface area contributed by atoms with Crippen molar-refractivity contribution in [2.45, 2.75) is 39.0 Å². The molecule has 3 heterocycles. The smallest absolute Gasteiger partial charge is 0.261 e. The van der Waals surface area contributed by atoms with Crippen LogP contribution in [0.15, 0.2) is 24.3 Å². The Morgan fingerprint density at radius 1 is 1.17 bits per heavy atom. The Labute approximate surface area is 180 Å². The molecule has 0 unspecified atom stereocenters. The summed E-state index contributed by atoms with van der Waals surface area (Å²) in [5.41, 5.74) is 2.94. The van der Waals surface area contributed by atoms with Crippen LogP contribution < -0.4 is 10.1 Å². The maximum atomic E-state index is 13.1. The van der Waals surface area contributed by atoms with Crippen LogP contribution in [0.5, 0.6) is 5.75 Å². The number of methoxy groups -OCH3 is 1. The van der Waals surface area contributed by atoms with E-state index in [4.69, 9.17) is 9.47 Å². The summed E-state index contributed by atoms with van der Waals surface area (Å²) in [6, 6.07) is 8.16. The van der Waals surface area contributed by atoms with E-state index in [0.717, 1.165) is 45.9 Å². The second-order valence-electron chi connectivity index (χ2n) is 7.90. The van der Waals surface area contributed by atoms with Gasteiger partial charge in [0.15, 0.2) is 0 Å². The number of amides is 1. The van der Waals surface area contributed by atoms with Crippen molar-refractivity contribution in [1.82, 2.24) is 15.3 Å². The molecule has 0 aliphatic carbocycles. The summed E-state index contributed by atoms with van der Waals surface area (Å²) in [5, 5.41) is 4.20. The molecular formula is C23H27N3O3S. The molecule has 2 aromatic heterocycles. The van der Waals surface area contributed by atoms with Crippen LogP contribution in [0.1, 0.15) is 45.2 Å². The molecule has 6 nitrogen and oxygen atoms in total. The van der Waals surface area contributed by atoms with Gasteiger partial charge in [0.05, 0.1) is 12.0 Å². The summed E-state index contributed by atoms with van der Waals surface area (Å²) in [6.45, 7) is 7.78. The van der Waals surface area contributed by atoms with Crippen LogP contribution in [0, 0.1) is 20.8 Å². The van der Waals surface area contributed by atoms with E-state index in [0.29, 0.717) is 24.6 Å². The minimum Gasteiger partial charge on any atom is -0.497 e. The van der Waals surface area contributed by atoms with Crippen molar-refractivity contribution in [3.8, 4) is 5.75 Å². The summed E-state index contributed by atoms with van der Waals surface area (Å²) >= 11 is 1.44. The molecule has 3 aromatic rings. The molecule has 0 bridgehead atoms. The van der Waals surface area contributed by atoms with Crippen LogP contribution in [-0.2, 0) is 10.2 Å². The molecule has 0 saturated carbocycles. The van der Waals surface area contributed by atoms with Gasteiger partial charge in [-0.25, -0.2) is 9.97 Å². The zero-order chi connectivity index (χ0) is 21.3. The Balaban J connectivity index is 1.59. The molecule has 1 fully saturated rings. The lowest BCUT2D eigenvalue weighted by molar-refractivity contribution is 0.0487. The van der Waals surface area contributed by atoms with Gasteiger partial charge in [-0.3, -0.25) is 4.79 Å². The van der Waals surface area contributed by atoms with Gasteiger partial charge in [0.25, 0.3) is 5.91 Å². The van der Waals surface area contributed by atoms with Gasteiger partial charge in [-0.05, 0) is 56.9 Å². The zero-order valence-corrected chi connectivity index (χ0v) is 18.7. The summed E-state index contributed by atoms with van der Waals surface area (Å²) < 4.78 is 10.9. The number of hydrogen-bond acceptors (Lipinski definition) is 6. The summed E-state index contributed by atoms with van der Waals surface area (Å²) in [7, 11) is 1.67. The summed E-state index contributed by atoms with van der Waals surface area (Å²) in [5.74, 6) is 1.51. The van der Waals surface area contributed by atoms with Crippen LogP contribution in [0.3, 0.4) is 0 Å². The van der Waals surface area contributed by atoms with Crippen molar-refractivity contribution in [2.75, 3.05) is 26.9 Å². The standard InChI is InChI=1S/C23H27N3O3S/c1-14-19-15(2)25-16(3)26-22(19)30-20(14)21(27)24-13-23(9-11-29-12-10-23)17-5-7-18(28-4)8-6-17/h5-8H,9-13H2,1-4H3,(H,24,27). The third kappa shape index (κ3) is 3.79. The highest BCUT2D eigenvalue weighted by molar-refractivity contribution is 7.20. The van der Waals surface area contributed by atoms with Crippen molar-refractivity contribution in [3.63, 3.8) is 0 Å². The molecule has 1 saturated heterocycles. The van der Waals surface area contributed by atoms with Crippen molar-refractivity contribution >= 4 is 27.5 Å². The number of benzene rings is 1. The summed E-state index contributed by atoms with van der Waals surface area (Å²) in [6.07, 6.45) is 1.74. The first-order valence-corrected chi connectivity index (χ1v) is 11.0. The fourth-order valence-electron chi connectivity index (χ4n) is 4.29. The molecule has 0 atom stereocenters. The number of ether oxygens (including phenoxy) is 2. The van der Waals surface area contributed by atoms with Crippen LogP contribution in [0.2, 0.25) is 0 Å². The molecule has 0 spiro atoms. The second-order valence-corrected chi connectivity index (χ2v) is 8.90. The molecule has 30 heavy (non-hydrogen) atoms. The Hall–Kier alpha value is -2.51. The number of aromatic nitrogens is 2. The second kappa shape index (κ2) is 8.32. The topological polar surface area (TPSA) is 73.3 Å². The normalized spacial score (nSPS) is 15.9. The molecule has 1 aliphatic rings. The molecule has 1 aliphatic heterocycles.